The van der Waals surface area contributed by atoms with Crippen LogP contribution in [-0.4, -0.2) is 37.7 Å². The van der Waals surface area contributed by atoms with Crippen molar-refractivity contribution in [1.29, 1.82) is 0 Å². The molecule has 0 unspecified atom stereocenters. The van der Waals surface area contributed by atoms with Gasteiger partial charge in [-0.15, -0.1) is 0 Å². The SMILES string of the molecule is COc1cc(-c2cc(-c3cc(C)sn3)n3ncnc(N)c23)ccc1CC(=O)OC(C)(C)C. The number of fused-ring (bicyclic) bond motifs is 1. The molecular formula is C23H25N5O3S. The Morgan fingerprint density at radius 3 is 2.66 bits per heavy atom. The number of nitrogens with zero attached hydrogens (tertiary/aromatic N) is 4. The molecule has 32 heavy (non-hydrogen) atoms. The van der Waals surface area contributed by atoms with E-state index in [0.717, 1.165) is 33.0 Å². The van der Waals surface area contributed by atoms with Crippen molar-refractivity contribution >= 4 is 28.8 Å². The van der Waals surface area contributed by atoms with Gasteiger partial charge in [-0.05, 0) is 63.0 Å². The van der Waals surface area contributed by atoms with Crippen LogP contribution in [0.1, 0.15) is 31.2 Å². The number of benzene rings is 1. The average Bonchev–Trinajstić information content (AvgIpc) is 3.31. The van der Waals surface area contributed by atoms with Gasteiger partial charge in [0.2, 0.25) is 0 Å². The van der Waals surface area contributed by atoms with E-state index in [9.17, 15) is 4.79 Å². The summed E-state index contributed by atoms with van der Waals surface area (Å²) in [5.41, 5.74) is 10.5. The Morgan fingerprint density at radius 1 is 1.22 bits per heavy atom. The molecule has 0 saturated carbocycles. The predicted octanol–water partition coefficient (Wildman–Crippen LogP) is 4.30. The number of aromatic nitrogens is 4. The normalized spacial score (nSPS) is 11.7. The van der Waals surface area contributed by atoms with E-state index in [1.807, 2.05) is 58.0 Å². The Balaban J connectivity index is 1.78. The maximum atomic E-state index is 12.3. The molecule has 0 saturated heterocycles. The molecule has 8 nitrogen and oxygen atoms in total. The molecule has 0 bridgehead atoms. The zero-order chi connectivity index (χ0) is 23.0. The molecule has 0 atom stereocenters. The molecule has 3 heterocycles. The summed E-state index contributed by atoms with van der Waals surface area (Å²) in [5, 5.41) is 4.41. The van der Waals surface area contributed by atoms with Gasteiger partial charge < -0.3 is 15.2 Å². The van der Waals surface area contributed by atoms with Gasteiger partial charge >= 0.3 is 5.97 Å². The third-order valence-electron chi connectivity index (χ3n) is 4.83. The van der Waals surface area contributed by atoms with Crippen LogP contribution in [0.25, 0.3) is 28.0 Å². The molecule has 0 spiro atoms. The van der Waals surface area contributed by atoms with Gasteiger partial charge in [0.25, 0.3) is 0 Å². The summed E-state index contributed by atoms with van der Waals surface area (Å²) in [7, 11) is 1.58. The molecule has 0 aliphatic carbocycles. The molecule has 0 fully saturated rings. The highest BCUT2D eigenvalue weighted by atomic mass is 32.1. The van der Waals surface area contributed by atoms with Gasteiger partial charge in [0.15, 0.2) is 5.82 Å². The number of nitrogen functional groups attached to an aromatic ring is 1. The number of aryl methyl sites for hydroxylation is 1. The van der Waals surface area contributed by atoms with E-state index in [4.69, 9.17) is 15.2 Å². The highest BCUT2D eigenvalue weighted by Crippen LogP contribution is 2.37. The van der Waals surface area contributed by atoms with E-state index >= 15 is 0 Å². The zero-order valence-corrected chi connectivity index (χ0v) is 19.5. The van der Waals surface area contributed by atoms with Crippen molar-refractivity contribution in [3.8, 4) is 28.3 Å². The van der Waals surface area contributed by atoms with Crippen LogP contribution in [0.4, 0.5) is 5.82 Å². The fourth-order valence-corrected chi connectivity index (χ4v) is 4.10. The van der Waals surface area contributed by atoms with Crippen LogP contribution in [0.2, 0.25) is 0 Å². The molecule has 3 aromatic heterocycles. The van der Waals surface area contributed by atoms with Crippen LogP contribution in [-0.2, 0) is 16.0 Å². The molecule has 4 rings (SSSR count). The molecule has 2 N–H and O–H groups in total. The van der Waals surface area contributed by atoms with Gasteiger partial charge in [0.05, 0.1) is 19.2 Å². The molecule has 0 aliphatic heterocycles. The van der Waals surface area contributed by atoms with E-state index in [-0.39, 0.29) is 12.4 Å². The number of carbonyl (C=O) groups excluding carboxylic acids is 1. The number of ether oxygens (including phenoxy) is 2. The first-order valence-corrected chi connectivity index (χ1v) is 10.9. The average molecular weight is 452 g/mol. The lowest BCUT2D eigenvalue weighted by molar-refractivity contribution is -0.153. The molecular weight excluding hydrogens is 426 g/mol. The maximum Gasteiger partial charge on any atom is 0.310 e. The quantitative estimate of drug-likeness (QED) is 0.451. The predicted molar refractivity (Wildman–Crippen MR) is 125 cm³/mol. The smallest absolute Gasteiger partial charge is 0.310 e. The molecule has 4 aromatic rings. The van der Waals surface area contributed by atoms with E-state index in [2.05, 4.69) is 14.5 Å². The number of nitrogens with two attached hydrogens (primary N) is 1. The highest BCUT2D eigenvalue weighted by Gasteiger charge is 2.21. The number of esters is 1. The molecule has 9 heteroatoms. The van der Waals surface area contributed by atoms with Crippen molar-refractivity contribution < 1.29 is 14.3 Å². The van der Waals surface area contributed by atoms with Crippen LogP contribution < -0.4 is 10.5 Å². The Labute approximate surface area is 190 Å². The lowest BCUT2D eigenvalue weighted by atomic mass is 10.0. The van der Waals surface area contributed by atoms with Crippen molar-refractivity contribution in [2.45, 2.75) is 39.7 Å². The van der Waals surface area contributed by atoms with Crippen molar-refractivity contribution in [2.24, 2.45) is 0 Å². The van der Waals surface area contributed by atoms with Crippen LogP contribution in [0, 0.1) is 6.92 Å². The van der Waals surface area contributed by atoms with Gasteiger partial charge in [0, 0.05) is 16.0 Å². The van der Waals surface area contributed by atoms with E-state index in [0.29, 0.717) is 17.1 Å². The summed E-state index contributed by atoms with van der Waals surface area (Å²) in [6, 6.07) is 9.70. The fourth-order valence-electron chi connectivity index (χ4n) is 3.55. The third kappa shape index (κ3) is 4.29. The molecule has 0 radical (unpaired) electrons. The Bertz CT molecular complexity index is 1300. The number of hydrogen-bond donors (Lipinski definition) is 1. The van der Waals surface area contributed by atoms with Gasteiger partial charge in [-0.1, -0.05) is 12.1 Å². The van der Waals surface area contributed by atoms with Gasteiger partial charge in [-0.3, -0.25) is 4.79 Å². The second-order valence-corrected chi connectivity index (χ2v) is 9.47. The number of carbonyl (C=O) groups is 1. The second-order valence-electron chi connectivity index (χ2n) is 8.46. The molecule has 166 valence electrons. The van der Waals surface area contributed by atoms with Crippen LogP contribution in [0.15, 0.2) is 36.7 Å². The van der Waals surface area contributed by atoms with E-state index < -0.39 is 5.60 Å². The molecule has 0 amide bonds. The first kappa shape index (κ1) is 21.8. The first-order valence-electron chi connectivity index (χ1n) is 10.1. The van der Waals surface area contributed by atoms with Crippen molar-refractivity contribution in [2.75, 3.05) is 12.8 Å². The molecule has 1 aromatic carbocycles. The van der Waals surface area contributed by atoms with Crippen molar-refractivity contribution in [1.82, 2.24) is 19.0 Å². The van der Waals surface area contributed by atoms with Crippen LogP contribution in [0.3, 0.4) is 0 Å². The topological polar surface area (TPSA) is 105 Å². The van der Waals surface area contributed by atoms with Gasteiger partial charge in [-0.2, -0.15) is 9.47 Å². The first-order chi connectivity index (χ1) is 15.2. The number of anilines is 1. The summed E-state index contributed by atoms with van der Waals surface area (Å²) in [6.45, 7) is 7.54. The summed E-state index contributed by atoms with van der Waals surface area (Å²) >= 11 is 1.43. The summed E-state index contributed by atoms with van der Waals surface area (Å²) in [6.07, 6.45) is 1.55. The monoisotopic (exact) mass is 451 g/mol. The summed E-state index contributed by atoms with van der Waals surface area (Å²) in [5.74, 6) is 0.649. The van der Waals surface area contributed by atoms with Crippen LogP contribution in [0.5, 0.6) is 5.75 Å². The van der Waals surface area contributed by atoms with Gasteiger partial charge in [0.1, 0.15) is 28.9 Å². The Morgan fingerprint density at radius 2 is 2.00 bits per heavy atom. The number of methoxy groups -OCH3 is 1. The van der Waals surface area contributed by atoms with Crippen molar-refractivity contribution in [3.63, 3.8) is 0 Å². The number of hydrogen-bond acceptors (Lipinski definition) is 8. The standard InChI is InChI=1S/C23H25N5O3S/c1-13-8-17(27-32-13)18-11-16(21-22(24)25-12-26-28(18)21)14-6-7-15(19(9-14)30-5)10-20(29)31-23(2,3)4/h6-9,11-12H,10H2,1-5H3,(H2,24,25,26). The lowest BCUT2D eigenvalue weighted by Gasteiger charge is -2.20. The van der Waals surface area contributed by atoms with E-state index in [1.54, 1.807) is 11.6 Å². The summed E-state index contributed by atoms with van der Waals surface area (Å²) < 4.78 is 17.3. The minimum absolute atomic E-state index is 0.117. The highest BCUT2D eigenvalue weighted by molar-refractivity contribution is 7.05. The van der Waals surface area contributed by atoms with Crippen LogP contribution >= 0.6 is 11.5 Å². The molecule has 0 aliphatic rings. The fraction of sp³-hybridized carbons (Fsp3) is 0.304. The Kier molecular flexibility index (Phi) is 5.60. The largest absolute Gasteiger partial charge is 0.496 e. The zero-order valence-electron chi connectivity index (χ0n) is 18.7. The minimum Gasteiger partial charge on any atom is -0.496 e. The second kappa shape index (κ2) is 8.23. The van der Waals surface area contributed by atoms with E-state index in [1.165, 1.54) is 17.9 Å². The van der Waals surface area contributed by atoms with Gasteiger partial charge in [-0.25, -0.2) is 9.50 Å². The lowest BCUT2D eigenvalue weighted by Crippen LogP contribution is -2.25. The summed E-state index contributed by atoms with van der Waals surface area (Å²) in [4.78, 5) is 17.6. The maximum absolute atomic E-state index is 12.3. The van der Waals surface area contributed by atoms with Crippen molar-refractivity contribution in [3.05, 3.63) is 47.1 Å². The Hall–Kier alpha value is -3.46. The minimum atomic E-state index is -0.544. The number of rotatable bonds is 5. The third-order valence-corrected chi connectivity index (χ3v) is 5.52.